The van der Waals surface area contributed by atoms with Gasteiger partial charge in [0.15, 0.2) is 5.75 Å². The van der Waals surface area contributed by atoms with E-state index in [1.54, 1.807) is 0 Å². The predicted octanol–water partition coefficient (Wildman–Crippen LogP) is 2.09. The SMILES string of the molecule is FOc1ccc(F)cc1. The molecule has 0 N–H and O–H groups in total. The molecule has 3 heteroatoms. The molecule has 0 aliphatic carbocycles. The summed E-state index contributed by atoms with van der Waals surface area (Å²) in [6, 6.07) is 4.65. The molecule has 0 fully saturated rings. The van der Waals surface area contributed by atoms with E-state index < -0.39 is 5.82 Å². The Morgan fingerprint density at radius 3 is 2.11 bits per heavy atom. The van der Waals surface area contributed by atoms with E-state index in [9.17, 15) is 8.92 Å². The maximum atomic E-state index is 12.0. The van der Waals surface area contributed by atoms with Gasteiger partial charge in [0.05, 0.1) is 0 Å². The molecule has 0 aliphatic rings. The Hall–Kier alpha value is -1.12. The van der Waals surface area contributed by atoms with Gasteiger partial charge in [-0.05, 0) is 24.3 Å². The van der Waals surface area contributed by atoms with Crippen molar-refractivity contribution < 1.29 is 13.9 Å². The van der Waals surface area contributed by atoms with Gasteiger partial charge in [-0.1, -0.05) is 0 Å². The second-order valence-corrected chi connectivity index (χ2v) is 1.53. The maximum Gasteiger partial charge on any atom is 0.172 e. The number of halogens is 2. The summed E-state index contributed by atoms with van der Waals surface area (Å²) in [5, 5.41) is 0. The third kappa shape index (κ3) is 1.38. The average Bonchev–Trinajstić information content (AvgIpc) is 1.90. The molecule has 1 aromatic rings. The van der Waals surface area contributed by atoms with Gasteiger partial charge in [-0.3, -0.25) is 4.94 Å². The molecule has 0 radical (unpaired) electrons. The van der Waals surface area contributed by atoms with E-state index in [0.29, 0.717) is 0 Å². The standard InChI is InChI=1S/C6H4F2O/c7-5-1-3-6(9-8)4-2-5/h1-4H. The van der Waals surface area contributed by atoms with Crippen LogP contribution in [0.3, 0.4) is 0 Å². The second-order valence-electron chi connectivity index (χ2n) is 1.53. The molecular weight excluding hydrogens is 126 g/mol. The molecule has 0 aromatic heterocycles. The minimum atomic E-state index is -0.407. The topological polar surface area (TPSA) is 9.23 Å². The van der Waals surface area contributed by atoms with Crippen molar-refractivity contribution in [2.24, 2.45) is 0 Å². The van der Waals surface area contributed by atoms with E-state index in [4.69, 9.17) is 0 Å². The number of hydrogen-bond donors (Lipinski definition) is 0. The molecule has 0 heterocycles. The molecule has 0 aliphatic heterocycles. The largest absolute Gasteiger partial charge is 0.294 e. The van der Waals surface area contributed by atoms with Crippen molar-refractivity contribution >= 4 is 0 Å². The third-order valence-electron chi connectivity index (χ3n) is 0.903. The van der Waals surface area contributed by atoms with Crippen LogP contribution in [0.1, 0.15) is 0 Å². The lowest BCUT2D eigenvalue weighted by Crippen LogP contribution is -1.75. The van der Waals surface area contributed by atoms with Gasteiger partial charge in [-0.25, -0.2) is 4.39 Å². The summed E-state index contributed by atoms with van der Waals surface area (Å²) < 4.78 is 23.3. The number of rotatable bonds is 1. The monoisotopic (exact) mass is 130 g/mol. The van der Waals surface area contributed by atoms with Crippen molar-refractivity contribution in [2.45, 2.75) is 0 Å². The molecule has 1 aromatic carbocycles. The van der Waals surface area contributed by atoms with Crippen LogP contribution < -0.4 is 4.94 Å². The first-order valence-corrected chi connectivity index (χ1v) is 2.37. The summed E-state index contributed by atoms with van der Waals surface area (Å²) in [6.45, 7) is 0. The van der Waals surface area contributed by atoms with Crippen molar-refractivity contribution in [1.82, 2.24) is 0 Å². The molecule has 1 rings (SSSR count). The minimum absolute atomic E-state index is 0.0106. The first-order chi connectivity index (χ1) is 4.33. The summed E-state index contributed by atoms with van der Waals surface area (Å²) in [7, 11) is 0. The van der Waals surface area contributed by atoms with Gasteiger partial charge in [0.1, 0.15) is 5.82 Å². The quantitative estimate of drug-likeness (QED) is 0.565. The molecule has 0 saturated carbocycles. The zero-order valence-electron chi connectivity index (χ0n) is 4.47. The lowest BCUT2D eigenvalue weighted by molar-refractivity contribution is -0.00628. The van der Waals surface area contributed by atoms with Gasteiger partial charge in [0.2, 0.25) is 0 Å². The van der Waals surface area contributed by atoms with Crippen molar-refractivity contribution in [3.63, 3.8) is 0 Å². The van der Waals surface area contributed by atoms with Gasteiger partial charge >= 0.3 is 0 Å². The molecule has 0 unspecified atom stereocenters. The minimum Gasteiger partial charge on any atom is -0.294 e. The van der Waals surface area contributed by atoms with Crippen LogP contribution in [-0.4, -0.2) is 0 Å². The van der Waals surface area contributed by atoms with Gasteiger partial charge in [0.25, 0.3) is 0 Å². The highest BCUT2D eigenvalue weighted by atomic mass is 19.3. The highest BCUT2D eigenvalue weighted by Crippen LogP contribution is 2.10. The van der Waals surface area contributed by atoms with Crippen LogP contribution >= 0.6 is 0 Å². The molecule has 0 atom stereocenters. The fourth-order valence-electron chi connectivity index (χ4n) is 0.486. The van der Waals surface area contributed by atoms with Crippen LogP contribution in [0, 0.1) is 5.82 Å². The molecule has 0 amide bonds. The summed E-state index contributed by atoms with van der Waals surface area (Å²) in [5.41, 5.74) is 0. The molecule has 0 bridgehead atoms. The smallest absolute Gasteiger partial charge is 0.172 e. The summed E-state index contributed by atoms with van der Waals surface area (Å²) in [4.78, 5) is 3.30. The van der Waals surface area contributed by atoms with Crippen molar-refractivity contribution in [1.29, 1.82) is 0 Å². The zero-order chi connectivity index (χ0) is 6.69. The molecule has 1 nitrogen and oxygen atoms in total. The highest BCUT2D eigenvalue weighted by molar-refractivity contribution is 5.21. The van der Waals surface area contributed by atoms with Gasteiger partial charge in [0, 0.05) is 4.53 Å². The van der Waals surface area contributed by atoms with Crippen molar-refractivity contribution in [3.8, 4) is 5.75 Å². The lowest BCUT2D eigenvalue weighted by atomic mass is 10.3. The zero-order valence-corrected chi connectivity index (χ0v) is 4.47. The van der Waals surface area contributed by atoms with Crippen LogP contribution in [0.5, 0.6) is 5.75 Å². The molecule has 48 valence electrons. The normalized spacial score (nSPS) is 9.11. The van der Waals surface area contributed by atoms with Gasteiger partial charge in [-0.2, -0.15) is 0 Å². The molecular formula is C6H4F2O. The average molecular weight is 130 g/mol. The van der Waals surface area contributed by atoms with E-state index in [1.165, 1.54) is 12.1 Å². The Bertz CT molecular complexity index is 183. The van der Waals surface area contributed by atoms with Crippen LogP contribution in [0.15, 0.2) is 24.3 Å². The molecule has 0 spiro atoms. The number of hydrogen-bond acceptors (Lipinski definition) is 1. The first-order valence-electron chi connectivity index (χ1n) is 2.37. The second kappa shape index (κ2) is 2.44. The van der Waals surface area contributed by atoms with Crippen LogP contribution in [0.4, 0.5) is 8.92 Å². The van der Waals surface area contributed by atoms with E-state index in [2.05, 4.69) is 4.94 Å². The molecule has 0 saturated heterocycles. The fourth-order valence-corrected chi connectivity index (χ4v) is 0.486. The Morgan fingerprint density at radius 1 is 1.11 bits per heavy atom. The van der Waals surface area contributed by atoms with Crippen LogP contribution in [0.25, 0.3) is 0 Å². The Balaban J connectivity index is 2.88. The Labute approximate surface area is 50.8 Å². The number of benzene rings is 1. The lowest BCUT2D eigenvalue weighted by Gasteiger charge is -1.89. The summed E-state index contributed by atoms with van der Waals surface area (Å²) in [6.07, 6.45) is 0. The molecule has 9 heavy (non-hydrogen) atoms. The van der Waals surface area contributed by atoms with E-state index in [1.807, 2.05) is 0 Å². The van der Waals surface area contributed by atoms with Crippen LogP contribution in [-0.2, 0) is 0 Å². The third-order valence-corrected chi connectivity index (χ3v) is 0.903. The van der Waals surface area contributed by atoms with Crippen molar-refractivity contribution in [3.05, 3.63) is 30.1 Å². The van der Waals surface area contributed by atoms with Crippen LogP contribution in [0.2, 0.25) is 0 Å². The highest BCUT2D eigenvalue weighted by Gasteiger charge is 1.91. The van der Waals surface area contributed by atoms with Gasteiger partial charge < -0.3 is 0 Å². The van der Waals surface area contributed by atoms with E-state index in [-0.39, 0.29) is 5.75 Å². The Kier molecular flexibility index (Phi) is 1.63. The van der Waals surface area contributed by atoms with E-state index in [0.717, 1.165) is 12.1 Å². The summed E-state index contributed by atoms with van der Waals surface area (Å²) >= 11 is 0. The predicted molar refractivity (Wildman–Crippen MR) is 28.1 cm³/mol. The fraction of sp³-hybridized carbons (Fsp3) is 0. The Morgan fingerprint density at radius 2 is 1.67 bits per heavy atom. The van der Waals surface area contributed by atoms with E-state index >= 15 is 0 Å². The van der Waals surface area contributed by atoms with Crippen molar-refractivity contribution in [2.75, 3.05) is 0 Å². The maximum absolute atomic E-state index is 12.0. The summed E-state index contributed by atoms with van der Waals surface area (Å²) in [5.74, 6) is -0.396. The van der Waals surface area contributed by atoms with Gasteiger partial charge in [-0.15, -0.1) is 0 Å². The first kappa shape index (κ1) is 6.01.